The number of sulfone groups is 1. The first-order valence-corrected chi connectivity index (χ1v) is 10.3. The molecule has 1 aliphatic carbocycles. The highest BCUT2D eigenvalue weighted by molar-refractivity contribution is 7.91. The van der Waals surface area contributed by atoms with E-state index in [1.165, 1.54) is 32.8 Å². The topological polar surface area (TPSA) is 80.8 Å². The van der Waals surface area contributed by atoms with Gasteiger partial charge in [0.05, 0.1) is 25.0 Å². The molecule has 1 saturated carbocycles. The highest BCUT2D eigenvalue weighted by Gasteiger charge is 2.34. The van der Waals surface area contributed by atoms with Crippen molar-refractivity contribution in [3.8, 4) is 0 Å². The van der Waals surface area contributed by atoms with E-state index in [0.29, 0.717) is 18.8 Å². The van der Waals surface area contributed by atoms with Crippen molar-refractivity contribution in [1.82, 2.24) is 4.90 Å². The second-order valence-electron chi connectivity index (χ2n) is 6.66. The van der Waals surface area contributed by atoms with Crippen LogP contribution < -0.4 is 0 Å². The molecule has 7 heteroatoms. The Hall–Kier alpha value is -1.11. The molecule has 0 aromatic heterocycles. The number of rotatable bonds is 7. The van der Waals surface area contributed by atoms with Crippen LogP contribution in [-0.4, -0.2) is 56.4 Å². The van der Waals surface area contributed by atoms with E-state index in [0.717, 1.165) is 6.42 Å². The summed E-state index contributed by atoms with van der Waals surface area (Å²) in [5.74, 6) is 0.363. The molecule has 0 aromatic carbocycles. The fourth-order valence-electron chi connectivity index (χ4n) is 3.62. The Morgan fingerprint density at radius 2 is 1.83 bits per heavy atom. The highest BCUT2D eigenvalue weighted by Crippen LogP contribution is 2.29. The quantitative estimate of drug-likeness (QED) is 0.654. The molecule has 6 nitrogen and oxygen atoms in total. The second-order valence-corrected chi connectivity index (χ2v) is 8.89. The zero-order valence-corrected chi connectivity index (χ0v) is 14.6. The van der Waals surface area contributed by atoms with E-state index in [-0.39, 0.29) is 42.4 Å². The molecule has 0 unspecified atom stereocenters. The Labute approximate surface area is 138 Å². The third kappa shape index (κ3) is 5.48. The van der Waals surface area contributed by atoms with Gasteiger partial charge in [0.25, 0.3) is 0 Å². The molecular weight excluding hydrogens is 318 g/mol. The maximum absolute atomic E-state index is 12.6. The molecule has 1 heterocycles. The van der Waals surface area contributed by atoms with Crippen LogP contribution in [0.15, 0.2) is 0 Å². The van der Waals surface area contributed by atoms with Crippen LogP contribution in [0.4, 0.5) is 0 Å². The summed E-state index contributed by atoms with van der Waals surface area (Å²) in [6, 6.07) is -0.291. The van der Waals surface area contributed by atoms with Gasteiger partial charge in [-0.3, -0.25) is 9.59 Å². The number of esters is 1. The van der Waals surface area contributed by atoms with Gasteiger partial charge >= 0.3 is 5.97 Å². The smallest absolute Gasteiger partial charge is 0.307 e. The zero-order chi connectivity index (χ0) is 16.9. The molecule has 1 amide bonds. The number of ether oxygens (including phenoxy) is 1. The first-order chi connectivity index (χ1) is 10.9. The van der Waals surface area contributed by atoms with Crippen molar-refractivity contribution in [2.24, 2.45) is 5.92 Å². The van der Waals surface area contributed by atoms with Gasteiger partial charge in [-0.2, -0.15) is 0 Å². The predicted molar refractivity (Wildman–Crippen MR) is 86.6 cm³/mol. The van der Waals surface area contributed by atoms with Gasteiger partial charge in [0.1, 0.15) is 0 Å². The number of carbonyl (C=O) groups is 2. The molecule has 0 radical (unpaired) electrons. The van der Waals surface area contributed by atoms with E-state index in [2.05, 4.69) is 4.74 Å². The van der Waals surface area contributed by atoms with Crippen LogP contribution in [-0.2, 0) is 24.2 Å². The van der Waals surface area contributed by atoms with Gasteiger partial charge in [0.15, 0.2) is 9.84 Å². The van der Waals surface area contributed by atoms with Crippen LogP contribution in [0.1, 0.15) is 51.4 Å². The first-order valence-electron chi connectivity index (χ1n) is 8.48. The van der Waals surface area contributed by atoms with E-state index < -0.39 is 9.84 Å². The molecular formula is C16H27NO5S. The second kappa shape index (κ2) is 8.13. The number of methoxy groups -OCH3 is 1. The van der Waals surface area contributed by atoms with Crippen molar-refractivity contribution in [3.63, 3.8) is 0 Å². The maximum Gasteiger partial charge on any atom is 0.307 e. The number of hydrogen-bond donors (Lipinski definition) is 0. The molecule has 1 aliphatic heterocycles. The Balaban J connectivity index is 1.93. The van der Waals surface area contributed by atoms with E-state index in [1.807, 2.05) is 0 Å². The SMILES string of the molecule is COC(=O)CCN(C(=O)CCC1CCCC1)[C@H]1CCS(=O)(=O)C1. The third-order valence-corrected chi connectivity index (χ3v) is 6.75. The van der Waals surface area contributed by atoms with Crippen molar-refractivity contribution in [1.29, 1.82) is 0 Å². The number of hydrogen-bond acceptors (Lipinski definition) is 5. The minimum Gasteiger partial charge on any atom is -0.469 e. The van der Waals surface area contributed by atoms with E-state index in [9.17, 15) is 18.0 Å². The van der Waals surface area contributed by atoms with E-state index >= 15 is 0 Å². The lowest BCUT2D eigenvalue weighted by Gasteiger charge is -2.28. The Bertz CT molecular complexity index is 525. The summed E-state index contributed by atoms with van der Waals surface area (Å²) in [7, 11) is -1.74. The Kier molecular flexibility index (Phi) is 6.44. The molecule has 23 heavy (non-hydrogen) atoms. The molecule has 2 rings (SSSR count). The minimum absolute atomic E-state index is 0.0172. The molecule has 0 bridgehead atoms. The summed E-state index contributed by atoms with van der Waals surface area (Å²) in [5.41, 5.74) is 0. The average Bonchev–Trinajstić information content (AvgIpc) is 3.14. The summed E-state index contributed by atoms with van der Waals surface area (Å²) < 4.78 is 28.0. The fraction of sp³-hybridized carbons (Fsp3) is 0.875. The van der Waals surface area contributed by atoms with Crippen LogP contribution in [0, 0.1) is 5.92 Å². The van der Waals surface area contributed by atoms with E-state index in [1.54, 1.807) is 4.90 Å². The summed E-state index contributed by atoms with van der Waals surface area (Å²) in [6.07, 6.45) is 6.76. The van der Waals surface area contributed by atoms with Gasteiger partial charge in [0, 0.05) is 19.0 Å². The lowest BCUT2D eigenvalue weighted by molar-refractivity contribution is -0.142. The van der Waals surface area contributed by atoms with Gasteiger partial charge in [-0.25, -0.2) is 8.42 Å². The largest absolute Gasteiger partial charge is 0.469 e. The summed E-state index contributed by atoms with van der Waals surface area (Å²) in [6.45, 7) is 0.246. The summed E-state index contributed by atoms with van der Waals surface area (Å²) >= 11 is 0. The first kappa shape index (κ1) is 18.2. The molecule has 0 aromatic rings. The van der Waals surface area contributed by atoms with E-state index in [4.69, 9.17) is 0 Å². The van der Waals surface area contributed by atoms with Crippen molar-refractivity contribution in [3.05, 3.63) is 0 Å². The van der Waals surface area contributed by atoms with Crippen LogP contribution >= 0.6 is 0 Å². The van der Waals surface area contributed by atoms with Crippen LogP contribution in [0.2, 0.25) is 0 Å². The van der Waals surface area contributed by atoms with Crippen molar-refractivity contribution < 1.29 is 22.7 Å². The molecule has 2 aliphatic rings. The van der Waals surface area contributed by atoms with Gasteiger partial charge in [0.2, 0.25) is 5.91 Å². The van der Waals surface area contributed by atoms with Gasteiger partial charge in [-0.1, -0.05) is 25.7 Å². The number of carbonyl (C=O) groups excluding carboxylic acids is 2. The van der Waals surface area contributed by atoms with Gasteiger partial charge in [-0.15, -0.1) is 0 Å². The fourth-order valence-corrected chi connectivity index (χ4v) is 5.35. The van der Waals surface area contributed by atoms with Crippen LogP contribution in [0.25, 0.3) is 0 Å². The predicted octanol–water partition coefficient (Wildman–Crippen LogP) is 1.54. The number of amides is 1. The minimum atomic E-state index is -3.06. The Morgan fingerprint density at radius 3 is 2.39 bits per heavy atom. The molecule has 2 fully saturated rings. The standard InChI is InChI=1S/C16H27NO5S/c1-22-16(19)8-10-17(14-9-11-23(20,21)12-14)15(18)7-6-13-4-2-3-5-13/h13-14H,2-12H2,1H3/t14-/m0/s1. The normalized spacial score (nSPS) is 23.8. The molecule has 0 N–H and O–H groups in total. The van der Waals surface area contributed by atoms with Gasteiger partial charge in [-0.05, 0) is 18.8 Å². The van der Waals surface area contributed by atoms with Crippen LogP contribution in [0.3, 0.4) is 0 Å². The Morgan fingerprint density at radius 1 is 1.13 bits per heavy atom. The maximum atomic E-state index is 12.6. The lowest BCUT2D eigenvalue weighted by Crippen LogP contribution is -2.42. The molecule has 1 saturated heterocycles. The van der Waals surface area contributed by atoms with Gasteiger partial charge < -0.3 is 9.64 Å². The summed E-state index contributed by atoms with van der Waals surface area (Å²) in [4.78, 5) is 25.6. The van der Waals surface area contributed by atoms with Crippen molar-refractivity contribution in [2.45, 2.75) is 57.4 Å². The molecule has 1 atom stereocenters. The lowest BCUT2D eigenvalue weighted by atomic mass is 10.0. The molecule has 132 valence electrons. The highest BCUT2D eigenvalue weighted by atomic mass is 32.2. The van der Waals surface area contributed by atoms with Crippen molar-refractivity contribution in [2.75, 3.05) is 25.2 Å². The number of nitrogens with zero attached hydrogens (tertiary/aromatic N) is 1. The third-order valence-electron chi connectivity index (χ3n) is 5.00. The average molecular weight is 345 g/mol. The summed E-state index contributed by atoms with van der Waals surface area (Å²) in [5, 5.41) is 0. The monoisotopic (exact) mass is 345 g/mol. The zero-order valence-electron chi connectivity index (χ0n) is 13.8. The van der Waals surface area contributed by atoms with Crippen LogP contribution in [0.5, 0.6) is 0 Å². The molecule has 0 spiro atoms. The van der Waals surface area contributed by atoms with Crippen molar-refractivity contribution >= 4 is 21.7 Å².